The standard InChI is InChI=1S/C14H13ClFNS/c1-9(17)10-5-4-7-12(16)14(10)18-13-8-3-2-6-11(13)15/h2-9H,17H2,1H3/t9-/m1/s1. The molecule has 2 rings (SSSR count). The SMILES string of the molecule is C[C@@H](N)c1cccc(F)c1Sc1ccccc1Cl. The van der Waals surface area contributed by atoms with Gasteiger partial charge in [0.05, 0.1) is 9.92 Å². The average Bonchev–Trinajstić information content (AvgIpc) is 2.34. The third kappa shape index (κ3) is 2.86. The highest BCUT2D eigenvalue weighted by atomic mass is 35.5. The molecular formula is C14H13ClFNS. The summed E-state index contributed by atoms with van der Waals surface area (Å²) in [6.45, 7) is 1.84. The normalized spacial score (nSPS) is 12.4. The highest BCUT2D eigenvalue weighted by molar-refractivity contribution is 7.99. The van der Waals surface area contributed by atoms with E-state index in [1.54, 1.807) is 12.1 Å². The van der Waals surface area contributed by atoms with Crippen LogP contribution in [0.4, 0.5) is 4.39 Å². The lowest BCUT2D eigenvalue weighted by Crippen LogP contribution is -2.07. The molecule has 0 aliphatic rings. The molecule has 0 saturated heterocycles. The maximum atomic E-state index is 13.9. The van der Waals surface area contributed by atoms with Crippen molar-refractivity contribution in [3.63, 3.8) is 0 Å². The van der Waals surface area contributed by atoms with Crippen molar-refractivity contribution in [1.29, 1.82) is 0 Å². The summed E-state index contributed by atoms with van der Waals surface area (Å²) in [7, 11) is 0. The van der Waals surface area contributed by atoms with E-state index in [4.69, 9.17) is 17.3 Å². The molecule has 0 bridgehead atoms. The molecule has 2 aromatic rings. The Kier molecular flexibility index (Phi) is 4.27. The van der Waals surface area contributed by atoms with E-state index < -0.39 is 0 Å². The van der Waals surface area contributed by atoms with E-state index in [0.717, 1.165) is 10.5 Å². The molecule has 0 aliphatic carbocycles. The van der Waals surface area contributed by atoms with Gasteiger partial charge in [-0.25, -0.2) is 4.39 Å². The molecule has 0 aromatic heterocycles. The van der Waals surface area contributed by atoms with Crippen molar-refractivity contribution in [2.75, 3.05) is 0 Å². The van der Waals surface area contributed by atoms with Crippen molar-refractivity contribution in [3.8, 4) is 0 Å². The molecule has 0 aliphatic heterocycles. The van der Waals surface area contributed by atoms with Crippen molar-refractivity contribution >= 4 is 23.4 Å². The summed E-state index contributed by atoms with van der Waals surface area (Å²) in [5.74, 6) is -0.269. The van der Waals surface area contributed by atoms with Crippen molar-refractivity contribution in [3.05, 3.63) is 58.9 Å². The van der Waals surface area contributed by atoms with E-state index in [0.29, 0.717) is 9.92 Å². The molecule has 1 atom stereocenters. The predicted octanol–water partition coefficient (Wildman–Crippen LogP) is 4.65. The molecule has 1 nitrogen and oxygen atoms in total. The molecule has 0 radical (unpaired) electrons. The van der Waals surface area contributed by atoms with Gasteiger partial charge >= 0.3 is 0 Å². The van der Waals surface area contributed by atoms with Gasteiger partial charge in [-0.1, -0.05) is 47.6 Å². The van der Waals surface area contributed by atoms with Gasteiger partial charge in [0.1, 0.15) is 5.82 Å². The Morgan fingerprint density at radius 3 is 2.56 bits per heavy atom. The summed E-state index contributed by atoms with van der Waals surface area (Å²) in [6.07, 6.45) is 0. The molecule has 0 fully saturated rings. The zero-order valence-electron chi connectivity index (χ0n) is 9.86. The van der Waals surface area contributed by atoms with E-state index in [9.17, 15) is 4.39 Å². The Bertz CT molecular complexity index is 557. The minimum absolute atomic E-state index is 0.217. The van der Waals surface area contributed by atoms with Crippen LogP contribution in [-0.2, 0) is 0 Å². The Hall–Kier alpha value is -1.03. The van der Waals surface area contributed by atoms with E-state index >= 15 is 0 Å². The van der Waals surface area contributed by atoms with Gasteiger partial charge < -0.3 is 5.73 Å². The molecule has 0 saturated carbocycles. The maximum Gasteiger partial charge on any atom is 0.137 e. The van der Waals surface area contributed by atoms with Crippen molar-refractivity contribution in [1.82, 2.24) is 0 Å². The van der Waals surface area contributed by atoms with E-state index in [1.165, 1.54) is 17.8 Å². The number of hydrogen-bond acceptors (Lipinski definition) is 2. The Morgan fingerprint density at radius 2 is 1.89 bits per heavy atom. The molecule has 94 valence electrons. The molecule has 0 heterocycles. The van der Waals surface area contributed by atoms with E-state index in [-0.39, 0.29) is 11.9 Å². The zero-order valence-corrected chi connectivity index (χ0v) is 11.4. The summed E-state index contributed by atoms with van der Waals surface area (Å²) in [6, 6.07) is 12.1. The first-order valence-corrected chi connectivity index (χ1v) is 6.75. The van der Waals surface area contributed by atoms with Crippen LogP contribution in [0.15, 0.2) is 52.3 Å². The molecule has 18 heavy (non-hydrogen) atoms. The molecular weight excluding hydrogens is 269 g/mol. The second-order valence-electron chi connectivity index (χ2n) is 3.98. The van der Waals surface area contributed by atoms with E-state index in [2.05, 4.69) is 0 Å². The van der Waals surface area contributed by atoms with Gasteiger partial charge in [0, 0.05) is 10.9 Å². The minimum Gasteiger partial charge on any atom is -0.324 e. The molecule has 2 N–H and O–H groups in total. The van der Waals surface area contributed by atoms with E-state index in [1.807, 2.05) is 31.2 Å². The Labute approximate surface area is 115 Å². The zero-order chi connectivity index (χ0) is 13.1. The summed E-state index contributed by atoms with van der Waals surface area (Å²) in [5, 5.41) is 0.612. The third-order valence-electron chi connectivity index (χ3n) is 2.54. The van der Waals surface area contributed by atoms with Gasteiger partial charge in [-0.3, -0.25) is 0 Å². The van der Waals surface area contributed by atoms with Crippen molar-refractivity contribution in [2.45, 2.75) is 22.8 Å². The molecule has 4 heteroatoms. The minimum atomic E-state index is -0.269. The van der Waals surface area contributed by atoms with Crippen LogP contribution in [0.25, 0.3) is 0 Å². The lowest BCUT2D eigenvalue weighted by molar-refractivity contribution is 0.591. The van der Waals surface area contributed by atoms with Crippen LogP contribution in [0, 0.1) is 5.82 Å². The summed E-state index contributed by atoms with van der Waals surface area (Å²) in [4.78, 5) is 1.37. The first-order valence-electron chi connectivity index (χ1n) is 5.56. The summed E-state index contributed by atoms with van der Waals surface area (Å²) in [5.41, 5.74) is 6.65. The van der Waals surface area contributed by atoms with Crippen LogP contribution in [0.3, 0.4) is 0 Å². The summed E-state index contributed by atoms with van der Waals surface area (Å²) < 4.78 is 13.9. The topological polar surface area (TPSA) is 26.0 Å². The average molecular weight is 282 g/mol. The number of halogens is 2. The second-order valence-corrected chi connectivity index (χ2v) is 5.44. The quantitative estimate of drug-likeness (QED) is 0.886. The number of rotatable bonds is 3. The first-order chi connectivity index (χ1) is 8.59. The van der Waals surface area contributed by atoms with Crippen LogP contribution in [0.2, 0.25) is 5.02 Å². The van der Waals surface area contributed by atoms with Gasteiger partial charge in [0.15, 0.2) is 0 Å². The molecule has 0 unspecified atom stereocenters. The van der Waals surface area contributed by atoms with Crippen LogP contribution < -0.4 is 5.73 Å². The summed E-state index contributed by atoms with van der Waals surface area (Å²) >= 11 is 7.39. The van der Waals surface area contributed by atoms with Crippen molar-refractivity contribution in [2.24, 2.45) is 5.73 Å². The van der Waals surface area contributed by atoms with Gasteiger partial charge in [-0.05, 0) is 30.7 Å². The van der Waals surface area contributed by atoms with Gasteiger partial charge in [0.25, 0.3) is 0 Å². The lowest BCUT2D eigenvalue weighted by Gasteiger charge is -2.13. The maximum absolute atomic E-state index is 13.9. The smallest absolute Gasteiger partial charge is 0.137 e. The lowest BCUT2D eigenvalue weighted by atomic mass is 10.1. The number of benzene rings is 2. The van der Waals surface area contributed by atoms with Crippen LogP contribution in [-0.4, -0.2) is 0 Å². The number of hydrogen-bond donors (Lipinski definition) is 1. The Balaban J connectivity index is 2.43. The van der Waals surface area contributed by atoms with Crippen molar-refractivity contribution < 1.29 is 4.39 Å². The van der Waals surface area contributed by atoms with Crippen LogP contribution >= 0.6 is 23.4 Å². The highest BCUT2D eigenvalue weighted by Crippen LogP contribution is 2.37. The third-order valence-corrected chi connectivity index (χ3v) is 4.19. The van der Waals surface area contributed by atoms with Crippen LogP contribution in [0.5, 0.6) is 0 Å². The fourth-order valence-electron chi connectivity index (χ4n) is 1.63. The van der Waals surface area contributed by atoms with Gasteiger partial charge in [-0.2, -0.15) is 0 Å². The number of nitrogens with two attached hydrogens (primary N) is 1. The predicted molar refractivity (Wildman–Crippen MR) is 74.6 cm³/mol. The fraction of sp³-hybridized carbons (Fsp3) is 0.143. The van der Waals surface area contributed by atoms with Crippen LogP contribution in [0.1, 0.15) is 18.5 Å². The Morgan fingerprint density at radius 1 is 1.17 bits per heavy atom. The largest absolute Gasteiger partial charge is 0.324 e. The van der Waals surface area contributed by atoms with Gasteiger partial charge in [-0.15, -0.1) is 0 Å². The molecule has 0 amide bonds. The second kappa shape index (κ2) is 5.74. The monoisotopic (exact) mass is 281 g/mol. The molecule has 0 spiro atoms. The first kappa shape index (κ1) is 13.4. The highest BCUT2D eigenvalue weighted by Gasteiger charge is 2.14. The van der Waals surface area contributed by atoms with Gasteiger partial charge in [0.2, 0.25) is 0 Å². The fourth-order valence-corrected chi connectivity index (χ4v) is 2.95. The molecule has 2 aromatic carbocycles.